The molecule has 0 aromatic rings. The van der Waals surface area contributed by atoms with Crippen LogP contribution in [0, 0.1) is 0 Å². The molecule has 0 bridgehead atoms. The lowest BCUT2D eigenvalue weighted by molar-refractivity contribution is -0.379. The quantitative estimate of drug-likeness (QED) is 0.0204. The molecule has 3 aliphatic rings. The van der Waals surface area contributed by atoms with Crippen molar-refractivity contribution in [2.24, 2.45) is 0 Å². The highest BCUT2D eigenvalue weighted by Crippen LogP contribution is 2.33. The van der Waals surface area contributed by atoms with Gasteiger partial charge in [-0.2, -0.15) is 0 Å². The lowest BCUT2D eigenvalue weighted by atomic mass is 9.96. The molecule has 3 heterocycles. The number of aliphatic hydroxyl groups is 11. The van der Waals surface area contributed by atoms with Crippen molar-refractivity contribution >= 4 is 5.91 Å². The lowest BCUT2D eigenvalue weighted by Crippen LogP contribution is -2.66. The standard InChI is InChI=1S/C65H121NO18/c1-3-5-7-9-11-13-15-17-19-20-21-22-23-24-25-26-27-29-30-32-34-36-38-40-42-49(70)48(66-53(71)43-41-39-37-35-33-31-28-18-16-14-12-10-8-6-4-2)47-79-63-59(77)56(74)61(51(45-68)81-63)84-65-60(78)57(75)62(52(46-69)82-65)83-64-58(76)55(73)54(72)50(44-67)80-64/h32,34,40,42,48-52,54-65,67-70,72-78H,3-31,33,35-39,41,43-47H2,1-2H3,(H,66,71)/b34-32+,42-40+. The van der Waals surface area contributed by atoms with Gasteiger partial charge in [-0.3, -0.25) is 4.79 Å². The van der Waals surface area contributed by atoms with Crippen LogP contribution in [0.15, 0.2) is 24.3 Å². The Morgan fingerprint density at radius 1 is 0.417 bits per heavy atom. The Balaban J connectivity index is 1.46. The Hall–Kier alpha value is -1.73. The Labute approximate surface area is 505 Å². The SMILES string of the molecule is CCCCCCCCCCCCCCCCCCCC/C=C/CC/C=C/C(O)C(COC1OC(CO)C(OC2OC(CO)C(OC3OC(CO)C(O)C(O)C3O)C(O)C2O)C(O)C1O)NC(=O)CCCCCCCCCCCCCCCCC. The third kappa shape index (κ3) is 30.7. The highest BCUT2D eigenvalue weighted by molar-refractivity contribution is 5.76. The monoisotopic (exact) mass is 1200 g/mol. The number of rotatable bonds is 51. The van der Waals surface area contributed by atoms with Gasteiger partial charge in [-0.05, 0) is 32.1 Å². The summed E-state index contributed by atoms with van der Waals surface area (Å²) in [7, 11) is 0. The van der Waals surface area contributed by atoms with Gasteiger partial charge in [-0.25, -0.2) is 0 Å². The first-order chi connectivity index (χ1) is 40.8. The number of unbranched alkanes of at least 4 members (excludes halogenated alkanes) is 33. The normalized spacial score (nSPS) is 29.3. The van der Waals surface area contributed by atoms with Crippen LogP contribution in [0.25, 0.3) is 0 Å². The molecule has 84 heavy (non-hydrogen) atoms. The highest BCUT2D eigenvalue weighted by Gasteiger charge is 2.53. The second-order valence-electron chi connectivity index (χ2n) is 24.3. The first-order valence-corrected chi connectivity index (χ1v) is 33.6. The maximum absolute atomic E-state index is 13.4. The lowest BCUT2D eigenvalue weighted by Gasteiger charge is -2.48. The Kier molecular flexibility index (Phi) is 43.9. The number of carbonyl (C=O) groups is 1. The molecule has 19 nitrogen and oxygen atoms in total. The summed E-state index contributed by atoms with van der Waals surface area (Å²) in [5.74, 6) is -0.282. The molecule has 17 unspecified atom stereocenters. The van der Waals surface area contributed by atoms with Crippen molar-refractivity contribution in [2.45, 2.75) is 356 Å². The van der Waals surface area contributed by atoms with Gasteiger partial charge in [-0.15, -0.1) is 0 Å². The smallest absolute Gasteiger partial charge is 0.220 e. The number of carbonyl (C=O) groups excluding carboxylic acids is 1. The van der Waals surface area contributed by atoms with Crippen molar-refractivity contribution in [3.05, 3.63) is 24.3 Å². The number of amides is 1. The van der Waals surface area contributed by atoms with Gasteiger partial charge < -0.3 is 89.9 Å². The molecule has 0 spiro atoms. The molecule has 1 amide bonds. The molecule has 0 radical (unpaired) electrons. The second kappa shape index (κ2) is 48.2. The van der Waals surface area contributed by atoms with E-state index < -0.39 is 124 Å². The first kappa shape index (κ1) is 76.5. The average Bonchev–Trinajstić information content (AvgIpc) is 3.05. The largest absolute Gasteiger partial charge is 0.394 e. The van der Waals surface area contributed by atoms with Gasteiger partial charge in [0, 0.05) is 6.42 Å². The minimum absolute atomic E-state index is 0.240. The maximum Gasteiger partial charge on any atom is 0.220 e. The van der Waals surface area contributed by atoms with Crippen molar-refractivity contribution in [3.63, 3.8) is 0 Å². The molecular formula is C65H121NO18. The van der Waals surface area contributed by atoms with Crippen LogP contribution < -0.4 is 5.32 Å². The summed E-state index contributed by atoms with van der Waals surface area (Å²) < 4.78 is 34.3. The van der Waals surface area contributed by atoms with Crippen LogP contribution >= 0.6 is 0 Å². The zero-order valence-electron chi connectivity index (χ0n) is 51.9. The molecule has 0 aromatic heterocycles. The van der Waals surface area contributed by atoms with E-state index in [1.54, 1.807) is 6.08 Å². The third-order valence-electron chi connectivity index (χ3n) is 17.0. The van der Waals surface area contributed by atoms with Gasteiger partial charge in [0.2, 0.25) is 5.91 Å². The molecule has 0 aliphatic carbocycles. The predicted molar refractivity (Wildman–Crippen MR) is 323 cm³/mol. The third-order valence-corrected chi connectivity index (χ3v) is 17.0. The number of allylic oxidation sites excluding steroid dienone is 3. The Morgan fingerprint density at radius 3 is 1.19 bits per heavy atom. The van der Waals surface area contributed by atoms with Crippen LogP contribution in [-0.2, 0) is 33.2 Å². The number of aliphatic hydroxyl groups excluding tert-OH is 11. The van der Waals surface area contributed by atoms with Crippen molar-refractivity contribution in [1.82, 2.24) is 5.32 Å². The summed E-state index contributed by atoms with van der Waals surface area (Å²) in [6, 6.07) is -0.986. The van der Waals surface area contributed by atoms with Crippen molar-refractivity contribution in [1.29, 1.82) is 0 Å². The molecular weight excluding hydrogens is 1080 g/mol. The van der Waals surface area contributed by atoms with Gasteiger partial charge in [0.05, 0.1) is 38.6 Å². The van der Waals surface area contributed by atoms with Crippen LogP contribution in [0.2, 0.25) is 0 Å². The minimum atomic E-state index is -1.98. The topological polar surface area (TPSA) is 307 Å². The van der Waals surface area contributed by atoms with Gasteiger partial charge in [0.15, 0.2) is 18.9 Å². The fraction of sp³-hybridized carbons (Fsp3) is 0.923. The van der Waals surface area contributed by atoms with E-state index in [-0.39, 0.29) is 18.9 Å². The molecule has 0 saturated carbocycles. The molecule has 3 fully saturated rings. The number of ether oxygens (including phenoxy) is 6. The molecule has 494 valence electrons. The summed E-state index contributed by atoms with van der Waals surface area (Å²) in [4.78, 5) is 13.4. The van der Waals surface area contributed by atoms with E-state index in [2.05, 4.69) is 31.3 Å². The van der Waals surface area contributed by atoms with E-state index in [4.69, 9.17) is 28.4 Å². The van der Waals surface area contributed by atoms with Gasteiger partial charge in [0.25, 0.3) is 0 Å². The van der Waals surface area contributed by atoms with Crippen LogP contribution in [0.3, 0.4) is 0 Å². The molecule has 12 N–H and O–H groups in total. The zero-order chi connectivity index (χ0) is 61.2. The molecule has 3 aliphatic heterocycles. The van der Waals surface area contributed by atoms with Crippen LogP contribution in [0.5, 0.6) is 0 Å². The van der Waals surface area contributed by atoms with Crippen molar-refractivity contribution in [2.75, 3.05) is 26.4 Å². The summed E-state index contributed by atoms with van der Waals surface area (Å²) in [6.45, 7) is 1.73. The van der Waals surface area contributed by atoms with Gasteiger partial charge in [-0.1, -0.05) is 237 Å². The number of hydrogen-bond acceptors (Lipinski definition) is 18. The molecule has 0 aromatic carbocycles. The van der Waals surface area contributed by atoms with Crippen LogP contribution in [-0.4, -0.2) is 193 Å². The summed E-state index contributed by atoms with van der Waals surface area (Å²) in [6.07, 6.45) is 25.9. The van der Waals surface area contributed by atoms with E-state index in [9.17, 15) is 61.0 Å². The fourth-order valence-electron chi connectivity index (χ4n) is 11.5. The summed E-state index contributed by atoms with van der Waals surface area (Å²) >= 11 is 0. The van der Waals surface area contributed by atoms with Crippen LogP contribution in [0.4, 0.5) is 0 Å². The van der Waals surface area contributed by atoms with Crippen molar-refractivity contribution < 1.29 is 89.4 Å². The zero-order valence-corrected chi connectivity index (χ0v) is 51.9. The summed E-state index contributed by atoms with van der Waals surface area (Å²) in [5.41, 5.74) is 0. The molecule has 19 heteroatoms. The molecule has 3 saturated heterocycles. The van der Waals surface area contributed by atoms with Gasteiger partial charge in [0.1, 0.15) is 73.2 Å². The van der Waals surface area contributed by atoms with Gasteiger partial charge >= 0.3 is 0 Å². The summed E-state index contributed by atoms with van der Waals surface area (Å²) in [5, 5.41) is 120. The number of nitrogens with one attached hydrogen (secondary N) is 1. The second-order valence-corrected chi connectivity index (χ2v) is 24.3. The van der Waals surface area contributed by atoms with E-state index >= 15 is 0 Å². The number of hydrogen-bond donors (Lipinski definition) is 12. The molecule has 17 atom stereocenters. The van der Waals surface area contributed by atoms with E-state index in [1.807, 2.05) is 6.08 Å². The van der Waals surface area contributed by atoms with Crippen LogP contribution in [0.1, 0.15) is 251 Å². The maximum atomic E-state index is 13.4. The highest BCUT2D eigenvalue weighted by atomic mass is 16.8. The van der Waals surface area contributed by atoms with E-state index in [1.165, 1.54) is 180 Å². The van der Waals surface area contributed by atoms with E-state index in [0.29, 0.717) is 12.8 Å². The Morgan fingerprint density at radius 2 is 0.762 bits per heavy atom. The average molecular weight is 1200 g/mol. The minimum Gasteiger partial charge on any atom is -0.394 e. The Bertz CT molecular complexity index is 1630. The predicted octanol–water partition coefficient (Wildman–Crippen LogP) is 7.88. The first-order valence-electron chi connectivity index (χ1n) is 33.6. The fourth-order valence-corrected chi connectivity index (χ4v) is 11.5. The van der Waals surface area contributed by atoms with E-state index in [0.717, 1.165) is 38.5 Å². The van der Waals surface area contributed by atoms with Crippen molar-refractivity contribution in [3.8, 4) is 0 Å². The molecule has 3 rings (SSSR count).